The Bertz CT molecular complexity index is 503. The van der Waals surface area contributed by atoms with Gasteiger partial charge in [0.1, 0.15) is 11.8 Å². The number of benzene rings is 1. The highest BCUT2D eigenvalue weighted by atomic mass is 35.5. The topological polar surface area (TPSA) is 78.6 Å². The number of alkyl halides is 2. The summed E-state index contributed by atoms with van der Waals surface area (Å²) in [7, 11) is 0. The number of piperazine rings is 1. The molecule has 0 saturated carbocycles. The van der Waals surface area contributed by atoms with E-state index < -0.39 is 23.1 Å². The van der Waals surface area contributed by atoms with Crippen LogP contribution in [0.1, 0.15) is 11.6 Å². The van der Waals surface area contributed by atoms with Crippen molar-refractivity contribution in [1.82, 2.24) is 10.2 Å². The SMILES string of the molecule is Cl.Cl.O=[N+]([O-])c1ccc(O)cc1[C@H](C(F)F)N1CCNCC1. The number of nitro groups is 1. The number of phenols is 1. The van der Waals surface area contributed by atoms with Crippen molar-refractivity contribution in [3.8, 4) is 5.75 Å². The van der Waals surface area contributed by atoms with Gasteiger partial charge in [-0.15, -0.1) is 24.8 Å². The van der Waals surface area contributed by atoms with Crippen LogP contribution in [0.4, 0.5) is 14.5 Å². The van der Waals surface area contributed by atoms with E-state index in [1.165, 1.54) is 4.90 Å². The molecule has 1 aliphatic heterocycles. The molecule has 22 heavy (non-hydrogen) atoms. The van der Waals surface area contributed by atoms with E-state index in [1.54, 1.807) is 0 Å². The lowest BCUT2D eigenvalue weighted by molar-refractivity contribution is -0.386. The van der Waals surface area contributed by atoms with Crippen LogP contribution >= 0.6 is 24.8 Å². The lowest BCUT2D eigenvalue weighted by Gasteiger charge is -2.34. The zero-order valence-corrected chi connectivity index (χ0v) is 13.1. The molecule has 1 heterocycles. The molecule has 1 aliphatic rings. The average Bonchev–Trinajstić information content (AvgIpc) is 2.39. The summed E-state index contributed by atoms with van der Waals surface area (Å²) in [4.78, 5) is 11.8. The largest absolute Gasteiger partial charge is 0.508 e. The molecular weight excluding hydrogens is 343 g/mol. The standard InChI is InChI=1S/C12H15F2N3O3.2ClH/c13-12(14)11(16-5-3-15-4-6-16)9-7-8(18)1-2-10(9)17(19)20;;/h1-2,7,11-12,15,18H,3-6H2;2*1H/t11-;;/m1../s1. The fourth-order valence-corrected chi connectivity index (χ4v) is 2.40. The number of nitro benzene ring substituents is 1. The molecule has 126 valence electrons. The van der Waals surface area contributed by atoms with Gasteiger partial charge in [-0.2, -0.15) is 0 Å². The molecule has 0 spiro atoms. The minimum Gasteiger partial charge on any atom is -0.508 e. The smallest absolute Gasteiger partial charge is 0.274 e. The average molecular weight is 360 g/mol. The second kappa shape index (κ2) is 9.04. The van der Waals surface area contributed by atoms with Gasteiger partial charge in [-0.1, -0.05) is 0 Å². The Labute approximate surface area is 138 Å². The fourth-order valence-electron chi connectivity index (χ4n) is 2.40. The maximum Gasteiger partial charge on any atom is 0.274 e. The molecule has 0 radical (unpaired) electrons. The molecule has 1 aromatic carbocycles. The first-order chi connectivity index (χ1) is 9.50. The first-order valence-electron chi connectivity index (χ1n) is 6.21. The van der Waals surface area contributed by atoms with Gasteiger partial charge in [-0.05, 0) is 12.1 Å². The third-order valence-electron chi connectivity index (χ3n) is 3.31. The van der Waals surface area contributed by atoms with Gasteiger partial charge < -0.3 is 10.4 Å². The Morgan fingerprint density at radius 2 is 1.86 bits per heavy atom. The number of halogens is 4. The maximum atomic E-state index is 13.4. The van der Waals surface area contributed by atoms with Gasteiger partial charge >= 0.3 is 0 Å². The molecule has 1 aromatic rings. The Hall–Kier alpha value is -1.22. The van der Waals surface area contributed by atoms with Crippen LogP contribution in [-0.2, 0) is 0 Å². The van der Waals surface area contributed by atoms with Crippen LogP contribution in [0.5, 0.6) is 5.75 Å². The molecule has 1 saturated heterocycles. The zero-order chi connectivity index (χ0) is 14.7. The normalized spacial score (nSPS) is 16.5. The van der Waals surface area contributed by atoms with Gasteiger partial charge in [-0.25, -0.2) is 8.78 Å². The third-order valence-corrected chi connectivity index (χ3v) is 3.31. The molecule has 2 N–H and O–H groups in total. The molecule has 10 heteroatoms. The Kier molecular flexibility index (Phi) is 8.54. The summed E-state index contributed by atoms with van der Waals surface area (Å²) in [5.74, 6) is -0.258. The summed E-state index contributed by atoms with van der Waals surface area (Å²) >= 11 is 0. The van der Waals surface area contributed by atoms with Crippen molar-refractivity contribution in [2.45, 2.75) is 12.5 Å². The molecule has 0 bridgehead atoms. The number of nitrogens with one attached hydrogen (secondary N) is 1. The van der Waals surface area contributed by atoms with Gasteiger partial charge in [0.05, 0.1) is 10.5 Å². The summed E-state index contributed by atoms with van der Waals surface area (Å²) in [5.41, 5.74) is -0.543. The molecule has 0 amide bonds. The number of nitrogens with zero attached hydrogens (tertiary/aromatic N) is 2. The molecule has 0 aliphatic carbocycles. The number of phenolic OH excluding ortho intramolecular Hbond substituents is 1. The second-order valence-corrected chi connectivity index (χ2v) is 4.57. The first kappa shape index (κ1) is 20.8. The van der Waals surface area contributed by atoms with Crippen molar-refractivity contribution < 1.29 is 18.8 Å². The summed E-state index contributed by atoms with van der Waals surface area (Å²) in [5, 5.41) is 23.5. The number of hydrogen-bond donors (Lipinski definition) is 2. The van der Waals surface area contributed by atoms with Crippen LogP contribution in [-0.4, -0.2) is 47.5 Å². The maximum absolute atomic E-state index is 13.4. The third kappa shape index (κ3) is 4.64. The van der Waals surface area contributed by atoms with Gasteiger partial charge in [-0.3, -0.25) is 15.0 Å². The zero-order valence-electron chi connectivity index (χ0n) is 11.4. The number of aromatic hydroxyl groups is 1. The summed E-state index contributed by atoms with van der Waals surface area (Å²) < 4.78 is 26.8. The van der Waals surface area contributed by atoms with Gasteiger partial charge in [0.2, 0.25) is 0 Å². The lowest BCUT2D eigenvalue weighted by atomic mass is 10.0. The van der Waals surface area contributed by atoms with Crippen molar-refractivity contribution in [3.05, 3.63) is 33.9 Å². The minimum atomic E-state index is -2.77. The van der Waals surface area contributed by atoms with Gasteiger partial charge in [0.25, 0.3) is 12.1 Å². The van der Waals surface area contributed by atoms with E-state index >= 15 is 0 Å². The minimum absolute atomic E-state index is 0. The van der Waals surface area contributed by atoms with Crippen LogP contribution in [0.3, 0.4) is 0 Å². The highest BCUT2D eigenvalue weighted by Gasteiger charge is 2.35. The van der Waals surface area contributed by atoms with Crippen molar-refractivity contribution in [2.24, 2.45) is 0 Å². The Balaban J connectivity index is 0.00000220. The predicted molar refractivity (Wildman–Crippen MR) is 82.4 cm³/mol. The van der Waals surface area contributed by atoms with E-state index in [1.807, 2.05) is 0 Å². The fraction of sp³-hybridized carbons (Fsp3) is 0.500. The molecular formula is C12H17Cl2F2N3O3. The van der Waals surface area contributed by atoms with Crippen molar-refractivity contribution in [2.75, 3.05) is 26.2 Å². The van der Waals surface area contributed by atoms with Crippen LogP contribution < -0.4 is 5.32 Å². The van der Waals surface area contributed by atoms with Crippen LogP contribution in [0.15, 0.2) is 18.2 Å². The van der Waals surface area contributed by atoms with Gasteiger partial charge in [0.15, 0.2) is 0 Å². The lowest BCUT2D eigenvalue weighted by Crippen LogP contribution is -2.47. The Morgan fingerprint density at radius 3 is 2.36 bits per heavy atom. The van der Waals surface area contributed by atoms with Crippen LogP contribution in [0.2, 0.25) is 0 Å². The highest BCUT2D eigenvalue weighted by molar-refractivity contribution is 5.85. The second-order valence-electron chi connectivity index (χ2n) is 4.57. The van der Waals surface area contributed by atoms with Crippen LogP contribution in [0, 0.1) is 10.1 Å². The van der Waals surface area contributed by atoms with E-state index in [4.69, 9.17) is 0 Å². The van der Waals surface area contributed by atoms with E-state index in [9.17, 15) is 24.0 Å². The summed E-state index contributed by atoms with van der Waals surface area (Å²) in [6, 6.07) is 1.85. The van der Waals surface area contributed by atoms with Crippen LogP contribution in [0.25, 0.3) is 0 Å². The van der Waals surface area contributed by atoms with Crippen molar-refractivity contribution >= 4 is 30.5 Å². The number of rotatable bonds is 4. The van der Waals surface area contributed by atoms with E-state index in [2.05, 4.69) is 5.32 Å². The van der Waals surface area contributed by atoms with E-state index in [0.29, 0.717) is 26.2 Å². The number of hydrogen-bond acceptors (Lipinski definition) is 5. The Morgan fingerprint density at radius 1 is 1.27 bits per heavy atom. The molecule has 1 atom stereocenters. The molecule has 1 fully saturated rings. The van der Waals surface area contributed by atoms with E-state index in [-0.39, 0.29) is 36.1 Å². The highest BCUT2D eigenvalue weighted by Crippen LogP contribution is 2.36. The van der Waals surface area contributed by atoms with Crippen molar-refractivity contribution in [1.29, 1.82) is 0 Å². The predicted octanol–water partition coefficient (Wildman–Crippen LogP) is 2.36. The molecule has 2 rings (SSSR count). The molecule has 0 aromatic heterocycles. The molecule has 0 unspecified atom stereocenters. The van der Waals surface area contributed by atoms with E-state index in [0.717, 1.165) is 18.2 Å². The molecule has 6 nitrogen and oxygen atoms in total. The van der Waals surface area contributed by atoms with Gasteiger partial charge in [0, 0.05) is 32.2 Å². The van der Waals surface area contributed by atoms with Crippen molar-refractivity contribution in [3.63, 3.8) is 0 Å². The monoisotopic (exact) mass is 359 g/mol. The summed E-state index contributed by atoms with van der Waals surface area (Å²) in [6.45, 7) is 1.86. The first-order valence-corrected chi connectivity index (χ1v) is 6.21. The summed E-state index contributed by atoms with van der Waals surface area (Å²) in [6.07, 6.45) is -2.77. The quantitative estimate of drug-likeness (QED) is 0.637.